The number of hydrogen-bond acceptors (Lipinski definition) is 7. The van der Waals surface area contributed by atoms with E-state index in [1.165, 1.54) is 31.0 Å². The van der Waals surface area contributed by atoms with Gasteiger partial charge in [-0.15, -0.1) is 0 Å². The van der Waals surface area contributed by atoms with E-state index in [9.17, 15) is 14.0 Å². The smallest absolute Gasteiger partial charge is 0.338 e. The maximum absolute atomic E-state index is 14.2. The summed E-state index contributed by atoms with van der Waals surface area (Å²) < 4.78 is 19.2. The summed E-state index contributed by atoms with van der Waals surface area (Å²) in [6.07, 6.45) is 3.93. The molecule has 4 rings (SSSR count). The molecule has 2 aromatic rings. The molecule has 0 fully saturated rings. The van der Waals surface area contributed by atoms with Crippen molar-refractivity contribution in [2.45, 2.75) is 32.4 Å². The number of pyridine rings is 1. The van der Waals surface area contributed by atoms with Crippen LogP contribution in [0.3, 0.4) is 0 Å². The van der Waals surface area contributed by atoms with Gasteiger partial charge in [-0.05, 0) is 47.2 Å². The minimum Gasteiger partial charge on any atom is -0.466 e. The predicted molar refractivity (Wildman–Crippen MR) is 124 cm³/mol. The van der Waals surface area contributed by atoms with E-state index in [0.29, 0.717) is 40.7 Å². The first-order chi connectivity index (χ1) is 16.0. The number of aliphatic imine (C=N–C) groups is 1. The average molecular weight is 467 g/mol. The highest BCUT2D eigenvalue weighted by Crippen LogP contribution is 2.45. The van der Waals surface area contributed by atoms with Crippen LogP contribution in [0.4, 0.5) is 4.39 Å². The number of nitrogens with one attached hydrogen (secondary N) is 1. The summed E-state index contributed by atoms with van der Waals surface area (Å²) in [5, 5.41) is 5.40. The number of aromatic nitrogens is 1. The number of allylic oxidation sites excluding steroid dienone is 1. The lowest BCUT2D eigenvalue weighted by atomic mass is 9.93. The van der Waals surface area contributed by atoms with Crippen LogP contribution in [-0.4, -0.2) is 34.0 Å². The minimum absolute atomic E-state index is 0.0822. The molecule has 1 N–H and O–H groups in total. The van der Waals surface area contributed by atoms with Crippen molar-refractivity contribution >= 4 is 28.8 Å². The van der Waals surface area contributed by atoms with Gasteiger partial charge in [0.15, 0.2) is 5.17 Å². The predicted octanol–water partition coefficient (Wildman–Crippen LogP) is 4.07. The van der Waals surface area contributed by atoms with Gasteiger partial charge in [0.1, 0.15) is 5.82 Å². The van der Waals surface area contributed by atoms with E-state index in [2.05, 4.69) is 15.3 Å². The van der Waals surface area contributed by atoms with Gasteiger partial charge in [-0.2, -0.15) is 0 Å². The topological polar surface area (TPSA) is 83.9 Å². The number of fused-ring (bicyclic) bond motifs is 1. The van der Waals surface area contributed by atoms with Gasteiger partial charge in [-0.3, -0.25) is 9.78 Å². The van der Waals surface area contributed by atoms with Crippen molar-refractivity contribution < 1.29 is 18.7 Å². The summed E-state index contributed by atoms with van der Waals surface area (Å²) in [6, 6.07) is 9.13. The largest absolute Gasteiger partial charge is 0.466 e. The summed E-state index contributed by atoms with van der Waals surface area (Å²) in [5.41, 5.74) is 3.14. The summed E-state index contributed by atoms with van der Waals surface area (Å²) in [4.78, 5) is 36.0. The van der Waals surface area contributed by atoms with Gasteiger partial charge in [0.05, 0.1) is 30.8 Å². The molecule has 7 nitrogen and oxygen atoms in total. The van der Waals surface area contributed by atoms with Gasteiger partial charge in [-0.25, -0.2) is 14.2 Å². The van der Waals surface area contributed by atoms with E-state index in [0.717, 1.165) is 5.56 Å². The molecule has 2 aliphatic rings. The maximum Gasteiger partial charge on any atom is 0.338 e. The normalized spacial score (nSPS) is 17.3. The van der Waals surface area contributed by atoms with Crippen LogP contribution in [0.5, 0.6) is 0 Å². The van der Waals surface area contributed by atoms with Crippen molar-refractivity contribution in [3.63, 3.8) is 0 Å². The second-order valence-corrected chi connectivity index (χ2v) is 8.30. The number of rotatable bonds is 7. The van der Waals surface area contributed by atoms with Crippen molar-refractivity contribution in [3.8, 4) is 0 Å². The number of halogens is 1. The zero-order valence-electron chi connectivity index (χ0n) is 18.2. The molecule has 0 bridgehead atoms. The Morgan fingerprint density at radius 1 is 1.24 bits per heavy atom. The summed E-state index contributed by atoms with van der Waals surface area (Å²) in [5.74, 6) is -1.11. The lowest BCUT2D eigenvalue weighted by molar-refractivity contribution is -0.136. The van der Waals surface area contributed by atoms with Crippen molar-refractivity contribution in [2.24, 2.45) is 4.99 Å². The SMILES string of the molecule is CCC1=C(C(=O)OC)[C@@H](c2cccc(F)c2)N2C(CC(=O)NCc3ccncc3)=CSC2=N1. The third kappa shape index (κ3) is 4.83. The average Bonchev–Trinajstić information content (AvgIpc) is 3.23. The molecule has 1 atom stereocenters. The van der Waals surface area contributed by atoms with Crippen LogP contribution >= 0.6 is 11.8 Å². The molecular formula is C24H23FN4O3S. The van der Waals surface area contributed by atoms with Crippen molar-refractivity contribution in [1.82, 2.24) is 15.2 Å². The monoisotopic (exact) mass is 466 g/mol. The van der Waals surface area contributed by atoms with E-state index < -0.39 is 17.8 Å². The van der Waals surface area contributed by atoms with E-state index in [4.69, 9.17) is 4.74 Å². The number of methoxy groups -OCH3 is 1. The Labute approximate surface area is 195 Å². The quantitative estimate of drug-likeness (QED) is 0.620. The molecule has 0 radical (unpaired) electrons. The highest BCUT2D eigenvalue weighted by molar-refractivity contribution is 8.16. The third-order valence-electron chi connectivity index (χ3n) is 5.37. The molecule has 0 unspecified atom stereocenters. The summed E-state index contributed by atoms with van der Waals surface area (Å²) >= 11 is 1.38. The number of amides is 1. The van der Waals surface area contributed by atoms with Crippen molar-refractivity contribution in [1.29, 1.82) is 0 Å². The van der Waals surface area contributed by atoms with E-state index in [1.54, 1.807) is 24.5 Å². The molecule has 9 heteroatoms. The van der Waals surface area contributed by atoms with Gasteiger partial charge in [0.2, 0.25) is 5.91 Å². The van der Waals surface area contributed by atoms with Crippen molar-refractivity contribution in [2.75, 3.05) is 7.11 Å². The van der Waals surface area contributed by atoms with Crippen LogP contribution in [0.1, 0.15) is 36.9 Å². The number of carbonyl (C=O) groups excluding carboxylic acids is 2. The third-order valence-corrected chi connectivity index (χ3v) is 6.26. The van der Waals surface area contributed by atoms with Crippen LogP contribution in [0.2, 0.25) is 0 Å². The second-order valence-electron chi connectivity index (χ2n) is 7.46. The van der Waals surface area contributed by atoms with Crippen LogP contribution in [-0.2, 0) is 20.9 Å². The lowest BCUT2D eigenvalue weighted by Gasteiger charge is -2.36. The molecule has 0 aliphatic carbocycles. The number of carbonyl (C=O) groups is 2. The van der Waals surface area contributed by atoms with Crippen LogP contribution in [0.15, 0.2) is 76.2 Å². The van der Waals surface area contributed by atoms with Gasteiger partial charge in [-0.1, -0.05) is 30.8 Å². The van der Waals surface area contributed by atoms with E-state index >= 15 is 0 Å². The molecule has 33 heavy (non-hydrogen) atoms. The molecule has 0 spiro atoms. The molecule has 2 aliphatic heterocycles. The van der Waals surface area contributed by atoms with Gasteiger partial charge in [0, 0.05) is 24.6 Å². The number of ether oxygens (including phenoxy) is 1. The zero-order valence-corrected chi connectivity index (χ0v) is 19.1. The van der Waals surface area contributed by atoms with Gasteiger partial charge in [0.25, 0.3) is 0 Å². The Balaban J connectivity index is 1.64. The molecule has 170 valence electrons. The van der Waals surface area contributed by atoms with Gasteiger partial charge < -0.3 is 15.0 Å². The Hall–Kier alpha value is -3.46. The van der Waals surface area contributed by atoms with E-state index in [1.807, 2.05) is 29.4 Å². The number of amidine groups is 1. The fourth-order valence-electron chi connectivity index (χ4n) is 3.83. The van der Waals surface area contributed by atoms with Gasteiger partial charge >= 0.3 is 5.97 Å². The Kier molecular flexibility index (Phi) is 6.88. The Morgan fingerprint density at radius 3 is 2.73 bits per heavy atom. The highest BCUT2D eigenvalue weighted by Gasteiger charge is 2.41. The molecule has 0 saturated heterocycles. The summed E-state index contributed by atoms with van der Waals surface area (Å²) in [6.45, 7) is 2.28. The number of thioether (sulfide) groups is 1. The van der Waals surface area contributed by atoms with E-state index in [-0.39, 0.29) is 12.3 Å². The molecule has 1 aromatic carbocycles. The number of benzene rings is 1. The zero-order chi connectivity index (χ0) is 23.4. The lowest BCUT2D eigenvalue weighted by Crippen LogP contribution is -2.38. The fourth-order valence-corrected chi connectivity index (χ4v) is 4.77. The van der Waals surface area contributed by atoms with Crippen LogP contribution < -0.4 is 5.32 Å². The minimum atomic E-state index is -0.648. The summed E-state index contributed by atoms with van der Waals surface area (Å²) in [7, 11) is 1.31. The number of nitrogens with zero attached hydrogens (tertiary/aromatic N) is 3. The van der Waals surface area contributed by atoms with Crippen LogP contribution in [0.25, 0.3) is 0 Å². The molecule has 3 heterocycles. The first-order valence-corrected chi connectivity index (χ1v) is 11.4. The Morgan fingerprint density at radius 2 is 2.03 bits per heavy atom. The first kappa shape index (κ1) is 22.7. The molecule has 0 saturated carbocycles. The molecule has 1 aromatic heterocycles. The highest BCUT2D eigenvalue weighted by atomic mass is 32.2. The van der Waals surface area contributed by atoms with Crippen molar-refractivity contribution in [3.05, 3.63) is 88.1 Å². The molecular weight excluding hydrogens is 443 g/mol. The number of hydrogen-bond donors (Lipinski definition) is 1. The van der Waals surface area contributed by atoms with Crippen LogP contribution in [0, 0.1) is 5.82 Å². The molecule has 1 amide bonds. The maximum atomic E-state index is 14.2. The Bertz CT molecular complexity index is 1160. The first-order valence-electron chi connectivity index (χ1n) is 10.5. The second kappa shape index (κ2) is 9.99. The fraction of sp³-hybridized carbons (Fsp3) is 0.250. The number of esters is 1. The standard InChI is InChI=1S/C24H23FN4O3S/c1-3-19-21(23(31)32-2)22(16-5-4-6-17(25)11-16)29-18(14-33-24(29)28-19)12-20(30)27-13-15-7-9-26-10-8-15/h4-11,14,22H,3,12-13H2,1-2H3,(H,27,30)/t22-/m1/s1.